The van der Waals surface area contributed by atoms with Crippen LogP contribution in [-0.2, 0) is 19.0 Å². The van der Waals surface area contributed by atoms with Gasteiger partial charge in [-0.3, -0.25) is 9.69 Å². The minimum Gasteiger partial charge on any atom is -0.452 e. The van der Waals surface area contributed by atoms with Gasteiger partial charge in [-0.2, -0.15) is 0 Å². The maximum absolute atomic E-state index is 13.4. The monoisotopic (exact) mass is 491 g/mol. The molecule has 8 nitrogen and oxygen atoms in total. The molecule has 6 atom stereocenters. The average Bonchev–Trinajstić information content (AvgIpc) is 3.48. The molecule has 1 aliphatic carbocycles. The fourth-order valence-electron chi connectivity index (χ4n) is 5.82. The molecule has 3 fully saturated rings. The van der Waals surface area contributed by atoms with Gasteiger partial charge in [0.15, 0.2) is 12.2 Å². The predicted molar refractivity (Wildman–Crippen MR) is 128 cm³/mol. The molecule has 1 saturated carbocycles. The van der Waals surface area contributed by atoms with Gasteiger partial charge in [-0.15, -0.1) is 0 Å². The van der Waals surface area contributed by atoms with Crippen LogP contribution in [0.3, 0.4) is 0 Å². The Morgan fingerprint density at radius 1 is 0.806 bits per heavy atom. The zero-order chi connectivity index (χ0) is 25.6. The van der Waals surface area contributed by atoms with Gasteiger partial charge >= 0.3 is 18.0 Å². The van der Waals surface area contributed by atoms with Crippen LogP contribution in [0.25, 0.3) is 0 Å². The van der Waals surface area contributed by atoms with Crippen LogP contribution in [0, 0.1) is 11.8 Å². The number of carbonyl (C=O) groups excluding carboxylic acids is 4. The van der Waals surface area contributed by atoms with Crippen molar-refractivity contribution in [2.75, 3.05) is 0 Å². The molecule has 5 rings (SSSR count). The summed E-state index contributed by atoms with van der Waals surface area (Å²) in [6, 6.07) is 15.6. The Kier molecular flexibility index (Phi) is 6.06. The van der Waals surface area contributed by atoms with Gasteiger partial charge in [-0.1, -0.05) is 36.4 Å². The van der Waals surface area contributed by atoms with Gasteiger partial charge in [0.1, 0.15) is 11.4 Å². The van der Waals surface area contributed by atoms with E-state index in [2.05, 4.69) is 0 Å². The summed E-state index contributed by atoms with van der Waals surface area (Å²) < 4.78 is 17.6. The lowest BCUT2D eigenvalue weighted by Crippen LogP contribution is -2.50. The van der Waals surface area contributed by atoms with Crippen molar-refractivity contribution in [1.82, 2.24) is 4.90 Å². The van der Waals surface area contributed by atoms with E-state index >= 15 is 0 Å². The maximum Gasteiger partial charge on any atom is 0.411 e. The highest BCUT2D eigenvalue weighted by molar-refractivity contribution is 5.92. The number of nitrogens with zero attached hydrogens (tertiary/aromatic N) is 1. The molecule has 0 aromatic heterocycles. The SMILES string of the molecule is CC(C)(C)OC(=O)N1C2C3CCC(=O)C3C1C(OC(=O)c1ccccc1)C2OC(=O)c1ccccc1. The van der Waals surface area contributed by atoms with E-state index < -0.39 is 53.8 Å². The second kappa shape index (κ2) is 9.08. The third kappa shape index (κ3) is 4.25. The lowest BCUT2D eigenvalue weighted by atomic mass is 9.78. The van der Waals surface area contributed by atoms with Gasteiger partial charge in [0.05, 0.1) is 23.2 Å². The number of Topliss-reactive ketones (excluding diaryl/α,β-unsaturated/α-hetero) is 1. The van der Waals surface area contributed by atoms with Crippen molar-refractivity contribution in [2.45, 2.75) is 63.5 Å². The van der Waals surface area contributed by atoms with Crippen LogP contribution < -0.4 is 0 Å². The van der Waals surface area contributed by atoms with Crippen LogP contribution >= 0.6 is 0 Å². The number of hydrogen-bond donors (Lipinski definition) is 0. The maximum atomic E-state index is 13.4. The third-order valence-corrected chi connectivity index (χ3v) is 7.11. The highest BCUT2D eigenvalue weighted by atomic mass is 16.6. The Hall–Kier alpha value is -3.68. The number of hydrogen-bond acceptors (Lipinski definition) is 7. The number of benzene rings is 2. The largest absolute Gasteiger partial charge is 0.452 e. The van der Waals surface area contributed by atoms with Crippen molar-refractivity contribution in [2.24, 2.45) is 11.8 Å². The summed E-state index contributed by atoms with van der Waals surface area (Å²) in [6.45, 7) is 5.28. The summed E-state index contributed by atoms with van der Waals surface area (Å²) >= 11 is 0. The lowest BCUT2D eigenvalue weighted by Gasteiger charge is -2.34. The molecular formula is C28H29NO7. The quantitative estimate of drug-likeness (QED) is 0.470. The fraction of sp³-hybridized carbons (Fsp3) is 0.429. The number of esters is 2. The van der Waals surface area contributed by atoms with E-state index in [-0.39, 0.29) is 11.7 Å². The summed E-state index contributed by atoms with van der Waals surface area (Å²) in [6.07, 6.45) is -1.61. The van der Waals surface area contributed by atoms with Gasteiger partial charge in [-0.05, 0) is 57.4 Å². The average molecular weight is 492 g/mol. The minimum atomic E-state index is -1.01. The van der Waals surface area contributed by atoms with Gasteiger partial charge in [0, 0.05) is 12.3 Å². The third-order valence-electron chi connectivity index (χ3n) is 7.11. The molecule has 6 unspecified atom stereocenters. The van der Waals surface area contributed by atoms with Crippen molar-refractivity contribution in [3.8, 4) is 0 Å². The smallest absolute Gasteiger partial charge is 0.411 e. The normalized spacial score (nSPS) is 28.5. The van der Waals surface area contributed by atoms with E-state index in [1.54, 1.807) is 81.4 Å². The van der Waals surface area contributed by atoms with Gasteiger partial charge in [0.25, 0.3) is 0 Å². The van der Waals surface area contributed by atoms with Crippen LogP contribution in [-0.4, -0.2) is 58.6 Å². The Morgan fingerprint density at radius 2 is 1.31 bits per heavy atom. The second-order valence-electron chi connectivity index (χ2n) is 10.5. The number of ether oxygens (including phenoxy) is 3. The van der Waals surface area contributed by atoms with E-state index in [9.17, 15) is 19.2 Å². The van der Waals surface area contributed by atoms with E-state index in [1.165, 1.54) is 4.90 Å². The van der Waals surface area contributed by atoms with E-state index in [4.69, 9.17) is 14.2 Å². The summed E-state index contributed by atoms with van der Waals surface area (Å²) in [4.78, 5) is 53.9. The standard InChI is InChI=1S/C28H29NO7/c1-28(2,3)36-27(33)29-21-18-14-15-19(30)20(18)22(29)24(35-26(32)17-12-8-5-9-13-17)23(21)34-25(31)16-10-6-4-7-11-16/h4-13,18,20-24H,14-15H2,1-3H3. The Bertz CT molecular complexity index is 1170. The first-order chi connectivity index (χ1) is 17.2. The summed E-state index contributed by atoms with van der Waals surface area (Å²) in [7, 11) is 0. The predicted octanol–water partition coefficient (Wildman–Crippen LogP) is 4.03. The summed E-state index contributed by atoms with van der Waals surface area (Å²) in [5.41, 5.74) is -0.104. The highest BCUT2D eigenvalue weighted by Gasteiger charge is 2.70. The van der Waals surface area contributed by atoms with Gasteiger partial charge in [0.2, 0.25) is 0 Å². The molecule has 188 valence electrons. The van der Waals surface area contributed by atoms with Crippen molar-refractivity contribution < 1.29 is 33.4 Å². The van der Waals surface area contributed by atoms with E-state index in [0.29, 0.717) is 24.0 Å². The van der Waals surface area contributed by atoms with Gasteiger partial charge < -0.3 is 14.2 Å². The van der Waals surface area contributed by atoms with E-state index in [1.807, 2.05) is 0 Å². The lowest BCUT2D eigenvalue weighted by molar-refractivity contribution is -0.124. The van der Waals surface area contributed by atoms with Crippen LogP contribution in [0.2, 0.25) is 0 Å². The van der Waals surface area contributed by atoms with Crippen LogP contribution in [0.15, 0.2) is 60.7 Å². The topological polar surface area (TPSA) is 99.2 Å². The molecule has 3 aliphatic rings. The molecule has 2 heterocycles. The molecule has 2 aliphatic heterocycles. The van der Waals surface area contributed by atoms with Gasteiger partial charge in [-0.25, -0.2) is 14.4 Å². The molecular weight excluding hydrogens is 462 g/mol. The molecule has 2 saturated heterocycles. The molecule has 2 aromatic rings. The van der Waals surface area contributed by atoms with Crippen LogP contribution in [0.5, 0.6) is 0 Å². The number of amides is 1. The molecule has 0 radical (unpaired) electrons. The Labute approximate surface area is 209 Å². The molecule has 0 spiro atoms. The number of ketones is 1. The zero-order valence-electron chi connectivity index (χ0n) is 20.5. The highest BCUT2D eigenvalue weighted by Crippen LogP contribution is 2.54. The minimum absolute atomic E-state index is 0.0228. The fourth-order valence-corrected chi connectivity index (χ4v) is 5.82. The molecule has 2 bridgehead atoms. The second-order valence-corrected chi connectivity index (χ2v) is 10.5. The first kappa shape index (κ1) is 24.0. The molecule has 1 amide bonds. The summed E-state index contributed by atoms with van der Waals surface area (Å²) in [5.74, 6) is -1.87. The Balaban J connectivity index is 1.52. The molecule has 2 aromatic carbocycles. The van der Waals surface area contributed by atoms with Crippen LogP contribution in [0.1, 0.15) is 54.3 Å². The number of carbonyl (C=O) groups is 4. The number of rotatable bonds is 4. The van der Waals surface area contributed by atoms with Crippen molar-refractivity contribution in [3.05, 3.63) is 71.8 Å². The van der Waals surface area contributed by atoms with Crippen molar-refractivity contribution in [3.63, 3.8) is 0 Å². The molecule has 0 N–H and O–H groups in total. The van der Waals surface area contributed by atoms with Crippen LogP contribution in [0.4, 0.5) is 4.79 Å². The van der Waals surface area contributed by atoms with Crippen molar-refractivity contribution >= 4 is 23.8 Å². The molecule has 8 heteroatoms. The Morgan fingerprint density at radius 3 is 1.81 bits per heavy atom. The summed E-state index contributed by atoms with van der Waals surface area (Å²) in [5, 5.41) is 0. The van der Waals surface area contributed by atoms with Crippen molar-refractivity contribution in [1.29, 1.82) is 0 Å². The first-order valence-electron chi connectivity index (χ1n) is 12.2. The molecule has 36 heavy (non-hydrogen) atoms. The zero-order valence-corrected chi connectivity index (χ0v) is 20.5. The van der Waals surface area contributed by atoms with E-state index in [0.717, 1.165) is 0 Å². The first-order valence-corrected chi connectivity index (χ1v) is 12.2. The number of fused-ring (bicyclic) bond motifs is 5.